The maximum Gasteiger partial charge on any atom is 0.228 e. The van der Waals surface area contributed by atoms with Crippen LogP contribution in [0.5, 0.6) is 0 Å². The van der Waals surface area contributed by atoms with E-state index in [0.29, 0.717) is 24.2 Å². The molecular formula is C14H23N3O3S. The second-order valence-electron chi connectivity index (χ2n) is 6.25. The molecule has 2 aliphatic rings. The van der Waals surface area contributed by atoms with Crippen LogP contribution in [0.25, 0.3) is 0 Å². The highest BCUT2D eigenvalue weighted by atomic mass is 32.2. The lowest BCUT2D eigenvalue weighted by atomic mass is 10.1. The maximum absolute atomic E-state index is 11.5. The third-order valence-electron chi connectivity index (χ3n) is 4.32. The molecule has 0 bridgehead atoms. The predicted molar refractivity (Wildman–Crippen MR) is 78.8 cm³/mol. The molecule has 3 rings (SSSR count). The first-order valence-electron chi connectivity index (χ1n) is 7.83. The predicted octanol–water partition coefficient (Wildman–Crippen LogP) is 1.29. The minimum atomic E-state index is -2.91. The summed E-state index contributed by atoms with van der Waals surface area (Å²) in [7, 11) is -2.91. The molecule has 118 valence electrons. The lowest BCUT2D eigenvalue weighted by Gasteiger charge is -2.15. The number of sulfone groups is 1. The number of nitrogens with one attached hydrogen (secondary N) is 1. The van der Waals surface area contributed by atoms with Gasteiger partial charge in [-0.1, -0.05) is 12.1 Å². The first kappa shape index (κ1) is 15.0. The van der Waals surface area contributed by atoms with Crippen molar-refractivity contribution in [3.05, 3.63) is 11.7 Å². The lowest BCUT2D eigenvalue weighted by molar-refractivity contribution is 0.341. The van der Waals surface area contributed by atoms with E-state index in [-0.39, 0.29) is 17.4 Å². The maximum atomic E-state index is 11.5. The fourth-order valence-electron chi connectivity index (χ4n) is 2.94. The van der Waals surface area contributed by atoms with Crippen molar-refractivity contribution in [1.29, 1.82) is 0 Å². The zero-order valence-electron chi connectivity index (χ0n) is 12.4. The molecule has 2 atom stereocenters. The van der Waals surface area contributed by atoms with Crippen molar-refractivity contribution < 1.29 is 12.9 Å². The highest BCUT2D eigenvalue weighted by Crippen LogP contribution is 2.34. The fraction of sp³-hybridized carbons (Fsp3) is 0.857. The van der Waals surface area contributed by atoms with Crippen LogP contribution >= 0.6 is 0 Å². The van der Waals surface area contributed by atoms with Gasteiger partial charge in [-0.3, -0.25) is 0 Å². The third kappa shape index (κ3) is 3.83. The largest absolute Gasteiger partial charge is 0.339 e. The smallest absolute Gasteiger partial charge is 0.228 e. The van der Waals surface area contributed by atoms with Gasteiger partial charge in [0.05, 0.1) is 11.5 Å². The minimum Gasteiger partial charge on any atom is -0.339 e. The topological polar surface area (TPSA) is 85.1 Å². The van der Waals surface area contributed by atoms with Crippen molar-refractivity contribution in [1.82, 2.24) is 15.5 Å². The van der Waals surface area contributed by atoms with E-state index in [2.05, 4.69) is 22.4 Å². The molecule has 2 heterocycles. The van der Waals surface area contributed by atoms with E-state index in [1.807, 2.05) is 0 Å². The van der Waals surface area contributed by atoms with E-state index in [1.165, 1.54) is 12.8 Å². The molecule has 0 radical (unpaired) electrons. The highest BCUT2D eigenvalue weighted by Gasteiger charge is 2.34. The molecule has 1 saturated carbocycles. The Balaban J connectivity index is 1.61. The third-order valence-corrected chi connectivity index (χ3v) is 6.09. The Bertz CT molecular complexity index is 580. The van der Waals surface area contributed by atoms with Crippen LogP contribution in [0.2, 0.25) is 0 Å². The van der Waals surface area contributed by atoms with Gasteiger partial charge >= 0.3 is 0 Å². The monoisotopic (exact) mass is 313 g/mol. The van der Waals surface area contributed by atoms with Gasteiger partial charge in [0.25, 0.3) is 0 Å². The molecule has 1 aromatic rings. The molecular weight excluding hydrogens is 290 g/mol. The summed E-state index contributed by atoms with van der Waals surface area (Å²) >= 11 is 0. The van der Waals surface area contributed by atoms with Gasteiger partial charge in [0.1, 0.15) is 0 Å². The summed E-state index contributed by atoms with van der Waals surface area (Å²) in [5.74, 6) is 2.23. The van der Waals surface area contributed by atoms with Crippen molar-refractivity contribution in [3.8, 4) is 0 Å². The van der Waals surface area contributed by atoms with Crippen LogP contribution in [0.15, 0.2) is 4.52 Å². The molecule has 6 nitrogen and oxygen atoms in total. The second kappa shape index (κ2) is 6.04. The summed E-state index contributed by atoms with van der Waals surface area (Å²) in [6, 6.07) is 0.408. The van der Waals surface area contributed by atoms with Crippen LogP contribution < -0.4 is 5.32 Å². The number of hydrogen-bond donors (Lipinski definition) is 1. The Hall–Kier alpha value is -0.950. The van der Waals surface area contributed by atoms with Crippen LogP contribution in [-0.2, 0) is 16.3 Å². The van der Waals surface area contributed by atoms with Crippen LogP contribution in [0.3, 0.4) is 0 Å². The van der Waals surface area contributed by atoms with E-state index in [4.69, 9.17) is 4.52 Å². The molecule has 21 heavy (non-hydrogen) atoms. The molecule has 2 fully saturated rings. The zero-order valence-corrected chi connectivity index (χ0v) is 13.2. The molecule has 1 aliphatic heterocycles. The molecule has 1 saturated heterocycles. The van der Waals surface area contributed by atoms with Crippen molar-refractivity contribution in [2.45, 2.75) is 51.0 Å². The Kier molecular flexibility index (Phi) is 4.31. The van der Waals surface area contributed by atoms with Gasteiger partial charge in [0.2, 0.25) is 5.89 Å². The van der Waals surface area contributed by atoms with Gasteiger partial charge in [0.15, 0.2) is 15.7 Å². The summed E-state index contributed by atoms with van der Waals surface area (Å²) < 4.78 is 28.4. The normalized spacial score (nSPS) is 26.0. The van der Waals surface area contributed by atoms with E-state index in [1.54, 1.807) is 0 Å². The standard InChI is InChI=1S/C14H23N3O3S/c1-2-6-15-12(10-3-4-10)8-13-16-14(17-20-13)11-5-7-21(18,19)9-11/h10-12,15H,2-9H2,1H3. The van der Waals surface area contributed by atoms with Gasteiger partial charge in [-0.05, 0) is 38.1 Å². The van der Waals surface area contributed by atoms with Crippen molar-refractivity contribution in [3.63, 3.8) is 0 Å². The average Bonchev–Trinajstić information content (AvgIpc) is 3.08. The summed E-state index contributed by atoms with van der Waals surface area (Å²) in [5.41, 5.74) is 0. The molecule has 1 aliphatic carbocycles. The Labute approximate surface area is 125 Å². The van der Waals surface area contributed by atoms with E-state index in [9.17, 15) is 8.42 Å². The highest BCUT2D eigenvalue weighted by molar-refractivity contribution is 7.91. The molecule has 0 spiro atoms. The Morgan fingerprint density at radius 2 is 2.19 bits per heavy atom. The summed E-state index contributed by atoms with van der Waals surface area (Å²) in [6.45, 7) is 3.16. The quantitative estimate of drug-likeness (QED) is 0.816. The number of hydrogen-bond acceptors (Lipinski definition) is 6. The first-order chi connectivity index (χ1) is 10.1. The first-order valence-corrected chi connectivity index (χ1v) is 9.66. The summed E-state index contributed by atoms with van der Waals surface area (Å²) in [5, 5.41) is 7.55. The zero-order chi connectivity index (χ0) is 14.9. The van der Waals surface area contributed by atoms with Gasteiger partial charge in [-0.2, -0.15) is 4.98 Å². The minimum absolute atomic E-state index is 0.0875. The number of rotatable bonds is 7. The number of aromatic nitrogens is 2. The fourth-order valence-corrected chi connectivity index (χ4v) is 4.68. The van der Waals surface area contributed by atoms with Crippen molar-refractivity contribution >= 4 is 9.84 Å². The van der Waals surface area contributed by atoms with Gasteiger partial charge < -0.3 is 9.84 Å². The van der Waals surface area contributed by atoms with Crippen LogP contribution in [-0.4, -0.2) is 42.7 Å². The van der Waals surface area contributed by atoms with Crippen LogP contribution in [0, 0.1) is 5.92 Å². The summed E-state index contributed by atoms with van der Waals surface area (Å²) in [4.78, 5) is 4.43. The Morgan fingerprint density at radius 3 is 2.81 bits per heavy atom. The molecule has 7 heteroatoms. The van der Waals surface area contributed by atoms with Gasteiger partial charge in [0, 0.05) is 18.4 Å². The SMILES string of the molecule is CCCNC(Cc1nc(C2CCS(=O)(=O)C2)no1)C1CC1. The van der Waals surface area contributed by atoms with E-state index >= 15 is 0 Å². The summed E-state index contributed by atoms with van der Waals surface area (Å²) in [6.07, 6.45) is 5.00. The average molecular weight is 313 g/mol. The lowest BCUT2D eigenvalue weighted by Crippen LogP contribution is -2.33. The second-order valence-corrected chi connectivity index (χ2v) is 8.48. The van der Waals surface area contributed by atoms with Gasteiger partial charge in [-0.25, -0.2) is 8.42 Å². The van der Waals surface area contributed by atoms with E-state index < -0.39 is 9.84 Å². The molecule has 0 aromatic carbocycles. The van der Waals surface area contributed by atoms with Crippen LogP contribution in [0.4, 0.5) is 0 Å². The number of nitrogens with zero attached hydrogens (tertiary/aromatic N) is 2. The molecule has 1 aromatic heterocycles. The van der Waals surface area contributed by atoms with Crippen molar-refractivity contribution in [2.75, 3.05) is 18.1 Å². The molecule has 1 N–H and O–H groups in total. The van der Waals surface area contributed by atoms with Gasteiger partial charge in [-0.15, -0.1) is 0 Å². The van der Waals surface area contributed by atoms with E-state index in [0.717, 1.165) is 25.3 Å². The van der Waals surface area contributed by atoms with Crippen LogP contribution in [0.1, 0.15) is 50.2 Å². The molecule has 0 amide bonds. The van der Waals surface area contributed by atoms with Crippen molar-refractivity contribution in [2.24, 2.45) is 5.92 Å². The Morgan fingerprint density at radius 1 is 1.38 bits per heavy atom. The molecule has 2 unspecified atom stereocenters.